The van der Waals surface area contributed by atoms with E-state index in [1.54, 1.807) is 0 Å². The maximum Gasteiger partial charge on any atom is 0.179 e. The van der Waals surface area contributed by atoms with E-state index in [1.807, 2.05) is 19.2 Å². The van der Waals surface area contributed by atoms with Gasteiger partial charge >= 0.3 is 0 Å². The van der Waals surface area contributed by atoms with E-state index in [0.717, 1.165) is 48.9 Å². The molecule has 1 unspecified atom stereocenters. The molecule has 1 atom stereocenters. The number of morpholine rings is 1. The van der Waals surface area contributed by atoms with Crippen LogP contribution in [0.4, 0.5) is 5.82 Å². The van der Waals surface area contributed by atoms with Crippen LogP contribution in [0.25, 0.3) is 11.2 Å². The van der Waals surface area contributed by atoms with Gasteiger partial charge in [-0.15, -0.1) is 0 Å². The highest BCUT2D eigenvalue weighted by molar-refractivity contribution is 5.72. The summed E-state index contributed by atoms with van der Waals surface area (Å²) in [5, 5.41) is 6.32. The van der Waals surface area contributed by atoms with Crippen molar-refractivity contribution in [2.75, 3.05) is 32.1 Å². The topological polar surface area (TPSA) is 74.9 Å². The number of ether oxygens (including phenoxy) is 1. The number of rotatable bonds is 3. The summed E-state index contributed by atoms with van der Waals surface area (Å²) in [6.07, 6.45) is 0.987. The van der Waals surface area contributed by atoms with Crippen LogP contribution in [0, 0.1) is 0 Å². The number of hydrogen-bond donors (Lipinski definition) is 3. The molecular weight excluding hydrogens is 230 g/mol. The van der Waals surface area contributed by atoms with Gasteiger partial charge in [0, 0.05) is 26.6 Å². The minimum Gasteiger partial charge on any atom is -0.375 e. The minimum atomic E-state index is 0.197. The lowest BCUT2D eigenvalue weighted by Crippen LogP contribution is -2.39. The first-order chi connectivity index (χ1) is 8.85. The number of aromatic nitrogens is 3. The van der Waals surface area contributed by atoms with Crippen LogP contribution < -0.4 is 10.6 Å². The predicted octanol–water partition coefficient (Wildman–Crippen LogP) is 0.530. The summed E-state index contributed by atoms with van der Waals surface area (Å²) in [5.74, 6) is 1.76. The molecule has 0 aliphatic carbocycles. The average molecular weight is 247 g/mol. The lowest BCUT2D eigenvalue weighted by molar-refractivity contribution is 0.0282. The number of aromatic amines is 1. The number of nitrogens with one attached hydrogen (secondary N) is 3. The number of anilines is 1. The standard InChI is InChI=1S/C12H17N5O/c1-13-10-3-2-9-12(16-10)17-11(15-9)6-8-7-14-4-5-18-8/h2-3,8,14H,4-7H2,1H3,(H2,13,15,16,17). The zero-order valence-electron chi connectivity index (χ0n) is 10.4. The molecule has 0 radical (unpaired) electrons. The summed E-state index contributed by atoms with van der Waals surface area (Å²) >= 11 is 0. The SMILES string of the molecule is CNc1ccc2[nH]c(CC3CNCCO3)nc2n1. The van der Waals surface area contributed by atoms with E-state index < -0.39 is 0 Å². The fourth-order valence-corrected chi connectivity index (χ4v) is 2.14. The maximum atomic E-state index is 5.67. The lowest BCUT2D eigenvalue weighted by atomic mass is 10.2. The second kappa shape index (κ2) is 4.91. The van der Waals surface area contributed by atoms with Gasteiger partial charge in [0.25, 0.3) is 0 Å². The first-order valence-corrected chi connectivity index (χ1v) is 6.21. The van der Waals surface area contributed by atoms with E-state index in [1.165, 1.54) is 0 Å². The summed E-state index contributed by atoms with van der Waals surface area (Å²) in [6, 6.07) is 3.92. The molecule has 0 aromatic carbocycles. The Morgan fingerprint density at radius 3 is 3.17 bits per heavy atom. The van der Waals surface area contributed by atoms with Gasteiger partial charge in [0.15, 0.2) is 5.65 Å². The van der Waals surface area contributed by atoms with Crippen LogP contribution in [0.1, 0.15) is 5.82 Å². The van der Waals surface area contributed by atoms with Crippen LogP contribution in [0.2, 0.25) is 0 Å². The Hall–Kier alpha value is -1.66. The van der Waals surface area contributed by atoms with Crippen LogP contribution in [-0.4, -0.2) is 47.8 Å². The zero-order chi connectivity index (χ0) is 12.4. The van der Waals surface area contributed by atoms with Gasteiger partial charge in [0.05, 0.1) is 18.2 Å². The Morgan fingerprint density at radius 2 is 2.39 bits per heavy atom. The summed E-state index contributed by atoms with van der Waals surface area (Å²) < 4.78 is 5.67. The maximum absolute atomic E-state index is 5.67. The Kier molecular flexibility index (Phi) is 3.12. The molecule has 2 aromatic heterocycles. The van der Waals surface area contributed by atoms with Gasteiger partial charge in [0.1, 0.15) is 11.6 Å². The third-order valence-corrected chi connectivity index (χ3v) is 3.08. The molecule has 1 fully saturated rings. The summed E-state index contributed by atoms with van der Waals surface area (Å²) in [4.78, 5) is 12.2. The van der Waals surface area contributed by atoms with Gasteiger partial charge in [-0.05, 0) is 12.1 Å². The van der Waals surface area contributed by atoms with Crippen molar-refractivity contribution in [3.63, 3.8) is 0 Å². The Labute approximate surface area is 105 Å². The third kappa shape index (κ3) is 2.30. The Morgan fingerprint density at radius 1 is 1.44 bits per heavy atom. The van der Waals surface area contributed by atoms with Crippen molar-refractivity contribution in [1.82, 2.24) is 20.3 Å². The normalized spacial score (nSPS) is 20.2. The van der Waals surface area contributed by atoms with E-state index in [9.17, 15) is 0 Å². The molecule has 0 spiro atoms. The van der Waals surface area contributed by atoms with E-state index >= 15 is 0 Å². The lowest BCUT2D eigenvalue weighted by Gasteiger charge is -2.22. The van der Waals surface area contributed by atoms with Gasteiger partial charge in [-0.2, -0.15) is 0 Å². The third-order valence-electron chi connectivity index (χ3n) is 3.08. The summed E-state index contributed by atoms with van der Waals surface area (Å²) in [5.41, 5.74) is 1.72. The molecule has 2 aromatic rings. The van der Waals surface area contributed by atoms with Crippen molar-refractivity contribution >= 4 is 17.0 Å². The fraction of sp³-hybridized carbons (Fsp3) is 0.500. The van der Waals surface area contributed by atoms with Crippen LogP contribution in [0.15, 0.2) is 12.1 Å². The predicted molar refractivity (Wildman–Crippen MR) is 69.7 cm³/mol. The number of fused-ring (bicyclic) bond motifs is 1. The highest BCUT2D eigenvalue weighted by Crippen LogP contribution is 2.14. The summed E-state index contributed by atoms with van der Waals surface area (Å²) in [6.45, 7) is 2.59. The molecule has 6 nitrogen and oxygen atoms in total. The molecule has 1 aliphatic rings. The van der Waals surface area contributed by atoms with Gasteiger partial charge in [-0.25, -0.2) is 9.97 Å². The number of imidazole rings is 1. The van der Waals surface area contributed by atoms with Crippen molar-refractivity contribution in [3.8, 4) is 0 Å². The molecule has 3 rings (SSSR count). The van der Waals surface area contributed by atoms with Crippen molar-refractivity contribution in [1.29, 1.82) is 0 Å². The van der Waals surface area contributed by atoms with Gasteiger partial charge in [0.2, 0.25) is 0 Å². The van der Waals surface area contributed by atoms with Crippen LogP contribution in [0.3, 0.4) is 0 Å². The zero-order valence-corrected chi connectivity index (χ0v) is 10.4. The number of H-pyrrole nitrogens is 1. The molecule has 6 heteroatoms. The Bertz CT molecular complexity index is 532. The Balaban J connectivity index is 1.79. The number of nitrogens with zero attached hydrogens (tertiary/aromatic N) is 2. The largest absolute Gasteiger partial charge is 0.375 e. The van der Waals surface area contributed by atoms with Crippen molar-refractivity contribution in [2.24, 2.45) is 0 Å². The van der Waals surface area contributed by atoms with Crippen molar-refractivity contribution in [2.45, 2.75) is 12.5 Å². The van der Waals surface area contributed by atoms with Gasteiger partial charge < -0.3 is 20.4 Å². The quantitative estimate of drug-likeness (QED) is 0.737. The minimum absolute atomic E-state index is 0.197. The molecular formula is C12H17N5O. The molecule has 96 valence electrons. The van der Waals surface area contributed by atoms with E-state index in [0.29, 0.717) is 0 Å². The van der Waals surface area contributed by atoms with Crippen molar-refractivity contribution in [3.05, 3.63) is 18.0 Å². The van der Waals surface area contributed by atoms with Crippen molar-refractivity contribution < 1.29 is 4.74 Å². The van der Waals surface area contributed by atoms with Crippen LogP contribution in [-0.2, 0) is 11.2 Å². The second-order valence-electron chi connectivity index (χ2n) is 4.40. The van der Waals surface area contributed by atoms with Gasteiger partial charge in [-0.3, -0.25) is 0 Å². The first-order valence-electron chi connectivity index (χ1n) is 6.21. The number of pyridine rings is 1. The molecule has 18 heavy (non-hydrogen) atoms. The molecule has 0 amide bonds. The highest BCUT2D eigenvalue weighted by Gasteiger charge is 2.16. The smallest absolute Gasteiger partial charge is 0.179 e. The number of hydrogen-bond acceptors (Lipinski definition) is 5. The molecule has 0 saturated carbocycles. The van der Waals surface area contributed by atoms with Crippen LogP contribution >= 0.6 is 0 Å². The molecule has 0 bridgehead atoms. The average Bonchev–Trinajstić information content (AvgIpc) is 2.80. The second-order valence-corrected chi connectivity index (χ2v) is 4.40. The van der Waals surface area contributed by atoms with Crippen LogP contribution in [0.5, 0.6) is 0 Å². The monoisotopic (exact) mass is 247 g/mol. The van der Waals surface area contributed by atoms with E-state index in [2.05, 4.69) is 25.6 Å². The molecule has 1 aliphatic heterocycles. The fourth-order valence-electron chi connectivity index (χ4n) is 2.14. The van der Waals surface area contributed by atoms with E-state index in [4.69, 9.17) is 4.74 Å². The molecule has 3 heterocycles. The molecule has 1 saturated heterocycles. The first kappa shape index (κ1) is 11.4. The highest BCUT2D eigenvalue weighted by atomic mass is 16.5. The van der Waals surface area contributed by atoms with E-state index in [-0.39, 0.29) is 6.10 Å². The van der Waals surface area contributed by atoms with Gasteiger partial charge in [-0.1, -0.05) is 0 Å². The summed E-state index contributed by atoms with van der Waals surface area (Å²) in [7, 11) is 1.85. The molecule has 3 N–H and O–H groups in total.